The van der Waals surface area contributed by atoms with Gasteiger partial charge in [0.05, 0.1) is 25.4 Å². The highest BCUT2D eigenvalue weighted by molar-refractivity contribution is 5.76. The van der Waals surface area contributed by atoms with Crippen molar-refractivity contribution in [1.82, 2.24) is 5.32 Å². The van der Waals surface area contributed by atoms with Crippen molar-refractivity contribution in [3.63, 3.8) is 0 Å². The molecule has 0 spiro atoms. The zero-order valence-corrected chi connectivity index (χ0v) is 47.0. The fraction of sp³-hybridized carbons (Fsp3) is 0.875. The first kappa shape index (κ1) is 68.1. The second-order valence-corrected chi connectivity index (χ2v) is 21.4. The minimum atomic E-state index is -0.667. The Hall–Kier alpha value is -1.92. The second kappa shape index (κ2) is 59.6. The van der Waals surface area contributed by atoms with Crippen LogP contribution in [0.25, 0.3) is 0 Å². The third-order valence-electron chi connectivity index (χ3n) is 14.4. The molecule has 0 aromatic rings. The van der Waals surface area contributed by atoms with E-state index < -0.39 is 12.1 Å². The van der Waals surface area contributed by atoms with Gasteiger partial charge in [0.15, 0.2) is 0 Å². The van der Waals surface area contributed by atoms with E-state index in [0.29, 0.717) is 25.9 Å². The Balaban J connectivity index is 3.41. The van der Waals surface area contributed by atoms with E-state index in [1.165, 1.54) is 250 Å². The quantitative estimate of drug-likeness (QED) is 0.0321. The SMILES string of the molecule is CCC/C=C\C/C=C\CCCCCCCC(=O)OCCCCCCCCCCCCCC/C=C\CCCCCCCCCCC(=O)NC(CO)C(O)CCCCCCCCCCCCCCCCCC. The molecular formula is C64H121NO5. The molecule has 0 saturated heterocycles. The molecule has 70 heavy (non-hydrogen) atoms. The smallest absolute Gasteiger partial charge is 0.305 e. The van der Waals surface area contributed by atoms with Gasteiger partial charge in [-0.05, 0) is 77.0 Å². The Morgan fingerprint density at radius 1 is 0.400 bits per heavy atom. The lowest BCUT2D eigenvalue weighted by Crippen LogP contribution is -2.45. The molecule has 0 aliphatic rings. The summed E-state index contributed by atoms with van der Waals surface area (Å²) >= 11 is 0. The molecule has 0 aromatic carbocycles. The molecular weight excluding hydrogens is 863 g/mol. The van der Waals surface area contributed by atoms with Crippen LogP contribution in [0.4, 0.5) is 0 Å². The first-order valence-electron chi connectivity index (χ1n) is 31.2. The molecule has 0 heterocycles. The van der Waals surface area contributed by atoms with Gasteiger partial charge in [0.25, 0.3) is 0 Å². The number of unbranched alkanes of at least 4 members (excludes halogenated alkanes) is 41. The van der Waals surface area contributed by atoms with Crippen LogP contribution in [-0.2, 0) is 14.3 Å². The van der Waals surface area contributed by atoms with E-state index in [2.05, 4.69) is 55.6 Å². The highest BCUT2D eigenvalue weighted by Gasteiger charge is 2.20. The van der Waals surface area contributed by atoms with Crippen molar-refractivity contribution >= 4 is 11.9 Å². The number of rotatable bonds is 58. The fourth-order valence-electron chi connectivity index (χ4n) is 9.61. The maximum atomic E-state index is 12.5. The zero-order chi connectivity index (χ0) is 50.7. The number of nitrogens with one attached hydrogen (secondary N) is 1. The van der Waals surface area contributed by atoms with Gasteiger partial charge in [-0.15, -0.1) is 0 Å². The molecule has 2 unspecified atom stereocenters. The van der Waals surface area contributed by atoms with Crippen LogP contribution in [0.2, 0.25) is 0 Å². The van der Waals surface area contributed by atoms with E-state index in [0.717, 1.165) is 51.4 Å². The van der Waals surface area contributed by atoms with E-state index >= 15 is 0 Å². The molecule has 0 aliphatic heterocycles. The number of esters is 1. The molecule has 2 atom stereocenters. The molecule has 0 fully saturated rings. The third-order valence-corrected chi connectivity index (χ3v) is 14.4. The number of allylic oxidation sites excluding steroid dienone is 6. The topological polar surface area (TPSA) is 95.9 Å². The summed E-state index contributed by atoms with van der Waals surface area (Å²) in [5, 5.41) is 23.3. The average Bonchev–Trinajstić information content (AvgIpc) is 3.36. The van der Waals surface area contributed by atoms with Crippen molar-refractivity contribution in [3.05, 3.63) is 36.5 Å². The minimum Gasteiger partial charge on any atom is -0.466 e. The van der Waals surface area contributed by atoms with Gasteiger partial charge < -0.3 is 20.3 Å². The lowest BCUT2D eigenvalue weighted by atomic mass is 10.0. The van der Waals surface area contributed by atoms with Crippen LogP contribution >= 0.6 is 0 Å². The third kappa shape index (κ3) is 55.4. The number of carbonyl (C=O) groups excluding carboxylic acids is 2. The Morgan fingerprint density at radius 2 is 0.743 bits per heavy atom. The molecule has 6 nitrogen and oxygen atoms in total. The van der Waals surface area contributed by atoms with Crippen LogP contribution in [0.3, 0.4) is 0 Å². The number of carbonyl (C=O) groups is 2. The van der Waals surface area contributed by atoms with Crippen molar-refractivity contribution in [2.45, 2.75) is 347 Å². The number of aliphatic hydroxyl groups excluding tert-OH is 2. The molecule has 0 radical (unpaired) electrons. The number of aliphatic hydroxyl groups is 2. The molecule has 1 amide bonds. The first-order chi connectivity index (χ1) is 34.5. The summed E-state index contributed by atoms with van der Waals surface area (Å²) in [6.07, 6.45) is 74.4. The lowest BCUT2D eigenvalue weighted by molar-refractivity contribution is -0.143. The zero-order valence-electron chi connectivity index (χ0n) is 47.0. The highest BCUT2D eigenvalue weighted by Crippen LogP contribution is 2.17. The summed E-state index contributed by atoms with van der Waals surface area (Å²) in [5.74, 6) is -0.0407. The van der Waals surface area contributed by atoms with Crippen LogP contribution in [0.5, 0.6) is 0 Å². The van der Waals surface area contributed by atoms with Crippen molar-refractivity contribution < 1.29 is 24.5 Å². The molecule has 0 bridgehead atoms. The largest absolute Gasteiger partial charge is 0.466 e. The summed E-state index contributed by atoms with van der Waals surface area (Å²) in [6, 6.07) is -0.545. The molecule has 0 saturated carbocycles. The fourth-order valence-corrected chi connectivity index (χ4v) is 9.61. The minimum absolute atomic E-state index is 0.00281. The molecule has 412 valence electrons. The molecule has 0 aliphatic carbocycles. The Morgan fingerprint density at radius 3 is 1.16 bits per heavy atom. The van der Waals surface area contributed by atoms with Crippen molar-refractivity contribution in [3.8, 4) is 0 Å². The lowest BCUT2D eigenvalue weighted by Gasteiger charge is -2.22. The van der Waals surface area contributed by atoms with E-state index in [4.69, 9.17) is 4.74 Å². The van der Waals surface area contributed by atoms with Gasteiger partial charge in [-0.25, -0.2) is 0 Å². The van der Waals surface area contributed by atoms with Crippen molar-refractivity contribution in [2.75, 3.05) is 13.2 Å². The molecule has 6 heteroatoms. The van der Waals surface area contributed by atoms with E-state index in [-0.39, 0.29) is 18.5 Å². The number of hydrogen-bond acceptors (Lipinski definition) is 5. The maximum absolute atomic E-state index is 12.5. The van der Waals surface area contributed by atoms with Gasteiger partial charge in [-0.3, -0.25) is 9.59 Å². The van der Waals surface area contributed by atoms with Crippen LogP contribution in [-0.4, -0.2) is 47.4 Å². The van der Waals surface area contributed by atoms with E-state index in [9.17, 15) is 19.8 Å². The summed E-state index contributed by atoms with van der Waals surface area (Å²) in [4.78, 5) is 24.5. The monoisotopic (exact) mass is 984 g/mol. The van der Waals surface area contributed by atoms with Crippen molar-refractivity contribution in [2.24, 2.45) is 0 Å². The van der Waals surface area contributed by atoms with Gasteiger partial charge >= 0.3 is 5.97 Å². The van der Waals surface area contributed by atoms with Gasteiger partial charge in [0.2, 0.25) is 5.91 Å². The highest BCUT2D eigenvalue weighted by atomic mass is 16.5. The Bertz CT molecular complexity index is 1130. The van der Waals surface area contributed by atoms with E-state index in [1.54, 1.807) is 0 Å². The van der Waals surface area contributed by atoms with Gasteiger partial charge in [-0.1, -0.05) is 281 Å². The Labute approximate surface area is 436 Å². The number of hydrogen-bond donors (Lipinski definition) is 3. The van der Waals surface area contributed by atoms with Crippen molar-refractivity contribution in [1.29, 1.82) is 0 Å². The van der Waals surface area contributed by atoms with Crippen LogP contribution in [0.15, 0.2) is 36.5 Å². The average molecular weight is 985 g/mol. The molecule has 3 N–H and O–H groups in total. The summed E-state index contributed by atoms with van der Waals surface area (Å²) in [7, 11) is 0. The van der Waals surface area contributed by atoms with Gasteiger partial charge in [0, 0.05) is 12.8 Å². The number of ether oxygens (including phenoxy) is 1. The predicted molar refractivity (Wildman–Crippen MR) is 306 cm³/mol. The number of amides is 1. The van der Waals surface area contributed by atoms with Crippen LogP contribution in [0, 0.1) is 0 Å². The first-order valence-corrected chi connectivity index (χ1v) is 31.2. The summed E-state index contributed by atoms with van der Waals surface area (Å²) in [6.45, 7) is 4.90. The Kier molecular flexibility index (Phi) is 58.0. The summed E-state index contributed by atoms with van der Waals surface area (Å²) in [5.41, 5.74) is 0. The molecule has 0 aromatic heterocycles. The normalized spacial score (nSPS) is 12.8. The van der Waals surface area contributed by atoms with E-state index in [1.807, 2.05) is 0 Å². The maximum Gasteiger partial charge on any atom is 0.305 e. The predicted octanol–water partition coefficient (Wildman–Crippen LogP) is 19.6. The standard InChI is InChI=1S/C64H121NO5/c1-3-5-7-9-11-13-15-17-18-29-33-36-40-44-48-52-56-62(67)61(60-66)65-63(68)57-53-49-45-41-37-34-30-27-25-23-21-19-20-22-24-26-28-31-35-39-43-47-51-55-59-70-64(69)58-54-50-46-42-38-32-16-14-12-10-8-6-4-2/h8,10,14,16,21,23,61-62,66-67H,3-7,9,11-13,15,17-20,22,24-60H2,1-2H3,(H,65,68)/b10-8-,16-14-,23-21-. The molecule has 0 rings (SSSR count). The van der Waals surface area contributed by atoms with Crippen LogP contribution < -0.4 is 5.32 Å². The van der Waals surface area contributed by atoms with Crippen LogP contribution in [0.1, 0.15) is 335 Å². The van der Waals surface area contributed by atoms with Gasteiger partial charge in [-0.2, -0.15) is 0 Å². The van der Waals surface area contributed by atoms with Gasteiger partial charge in [0.1, 0.15) is 0 Å². The second-order valence-electron chi connectivity index (χ2n) is 21.4. The summed E-state index contributed by atoms with van der Waals surface area (Å²) < 4.78 is 5.47.